The first-order chi connectivity index (χ1) is 15.3. The van der Waals surface area contributed by atoms with Gasteiger partial charge in [0.1, 0.15) is 5.75 Å². The van der Waals surface area contributed by atoms with Gasteiger partial charge in [-0.2, -0.15) is 5.10 Å². The Bertz CT molecular complexity index is 874. The van der Waals surface area contributed by atoms with Crippen molar-refractivity contribution in [3.63, 3.8) is 0 Å². The molecule has 1 aromatic heterocycles. The minimum Gasteiger partial charge on any atom is -0.406 e. The molecule has 2 aliphatic rings. The smallest absolute Gasteiger partial charge is 0.406 e. The normalized spacial score (nSPS) is 18.2. The quantitative estimate of drug-likeness (QED) is 0.609. The molecule has 0 aliphatic carbocycles. The largest absolute Gasteiger partial charge is 0.573 e. The molecular weight excluding hydrogens is 425 g/mol. The number of benzene rings is 1. The van der Waals surface area contributed by atoms with Crippen LogP contribution < -0.4 is 9.64 Å². The SMILES string of the molecule is CC(C)c1cc(N2CC(OCCN3CCOCC3)C2)nn1-c1ccc(OC(F)(F)F)cc1. The second-order valence-electron chi connectivity index (χ2n) is 8.39. The summed E-state index contributed by atoms with van der Waals surface area (Å²) in [5, 5.41) is 4.72. The average molecular weight is 454 g/mol. The van der Waals surface area contributed by atoms with Crippen molar-refractivity contribution in [2.45, 2.75) is 32.2 Å². The van der Waals surface area contributed by atoms with E-state index in [2.05, 4.69) is 28.4 Å². The summed E-state index contributed by atoms with van der Waals surface area (Å²) in [6.45, 7) is 10.8. The van der Waals surface area contributed by atoms with Crippen LogP contribution >= 0.6 is 0 Å². The molecule has 176 valence electrons. The van der Waals surface area contributed by atoms with Crippen molar-refractivity contribution in [1.82, 2.24) is 14.7 Å². The van der Waals surface area contributed by atoms with E-state index in [1.54, 1.807) is 16.8 Å². The zero-order chi connectivity index (χ0) is 22.7. The number of rotatable bonds is 8. The fourth-order valence-electron chi connectivity index (χ4n) is 3.85. The third-order valence-corrected chi connectivity index (χ3v) is 5.67. The standard InChI is InChI=1S/C22H29F3N4O3/c1-16(2)20-13-21(26-29(20)17-3-5-18(6-4-17)32-22(23,24)25)28-14-19(15-28)31-12-9-27-7-10-30-11-8-27/h3-6,13,16,19H,7-12,14-15H2,1-2H3. The van der Waals surface area contributed by atoms with Crippen LogP contribution in [0.3, 0.4) is 0 Å². The van der Waals surface area contributed by atoms with Gasteiger partial charge in [-0.25, -0.2) is 4.68 Å². The van der Waals surface area contributed by atoms with Gasteiger partial charge in [0.2, 0.25) is 0 Å². The van der Waals surface area contributed by atoms with Crippen LogP contribution in [0.15, 0.2) is 30.3 Å². The number of alkyl halides is 3. The van der Waals surface area contributed by atoms with Gasteiger partial charge in [-0.05, 0) is 30.2 Å². The summed E-state index contributed by atoms with van der Waals surface area (Å²) in [5.74, 6) is 0.793. The van der Waals surface area contributed by atoms with Crippen molar-refractivity contribution in [1.29, 1.82) is 0 Å². The van der Waals surface area contributed by atoms with Crippen LogP contribution in [-0.4, -0.2) is 79.7 Å². The Morgan fingerprint density at radius 1 is 1.12 bits per heavy atom. The second-order valence-corrected chi connectivity index (χ2v) is 8.39. The van der Waals surface area contributed by atoms with Gasteiger partial charge in [-0.3, -0.25) is 4.90 Å². The summed E-state index contributed by atoms with van der Waals surface area (Å²) in [6, 6.07) is 7.80. The van der Waals surface area contributed by atoms with Crippen LogP contribution in [0.2, 0.25) is 0 Å². The zero-order valence-electron chi connectivity index (χ0n) is 18.3. The number of ether oxygens (including phenoxy) is 3. The van der Waals surface area contributed by atoms with E-state index < -0.39 is 6.36 Å². The van der Waals surface area contributed by atoms with E-state index in [0.29, 0.717) is 12.3 Å². The fourth-order valence-corrected chi connectivity index (χ4v) is 3.85. The van der Waals surface area contributed by atoms with Gasteiger partial charge in [0.25, 0.3) is 0 Å². The first kappa shape index (κ1) is 22.9. The average Bonchev–Trinajstić information content (AvgIpc) is 3.15. The minimum absolute atomic E-state index is 0.183. The van der Waals surface area contributed by atoms with Gasteiger partial charge in [0, 0.05) is 44.5 Å². The minimum atomic E-state index is -4.71. The van der Waals surface area contributed by atoms with Crippen molar-refractivity contribution in [3.8, 4) is 11.4 Å². The van der Waals surface area contributed by atoms with Gasteiger partial charge in [-0.15, -0.1) is 13.2 Å². The third kappa shape index (κ3) is 5.73. The summed E-state index contributed by atoms with van der Waals surface area (Å²) >= 11 is 0. The van der Waals surface area contributed by atoms with Gasteiger partial charge in [0.15, 0.2) is 5.82 Å². The number of hydrogen-bond donors (Lipinski definition) is 0. The van der Waals surface area contributed by atoms with E-state index in [4.69, 9.17) is 14.6 Å². The Morgan fingerprint density at radius 3 is 2.44 bits per heavy atom. The second kappa shape index (κ2) is 9.68. The molecule has 10 heteroatoms. The summed E-state index contributed by atoms with van der Waals surface area (Å²) in [6.07, 6.45) is -4.52. The molecular formula is C22H29F3N4O3. The van der Waals surface area contributed by atoms with Crippen molar-refractivity contribution in [3.05, 3.63) is 36.0 Å². The van der Waals surface area contributed by atoms with Gasteiger partial charge in [0.05, 0.1) is 31.6 Å². The molecule has 0 saturated carbocycles. The molecule has 0 bridgehead atoms. The van der Waals surface area contributed by atoms with Crippen LogP contribution in [0.4, 0.5) is 19.0 Å². The lowest BCUT2D eigenvalue weighted by Crippen LogP contribution is -2.53. The van der Waals surface area contributed by atoms with Gasteiger partial charge >= 0.3 is 6.36 Å². The maximum atomic E-state index is 12.4. The molecule has 2 saturated heterocycles. The summed E-state index contributed by atoms with van der Waals surface area (Å²) in [7, 11) is 0. The number of nitrogens with zero attached hydrogens (tertiary/aromatic N) is 4. The van der Waals surface area contributed by atoms with E-state index in [9.17, 15) is 13.2 Å². The highest BCUT2D eigenvalue weighted by Gasteiger charge is 2.32. The monoisotopic (exact) mass is 454 g/mol. The highest BCUT2D eigenvalue weighted by atomic mass is 19.4. The Balaban J connectivity index is 1.34. The number of halogens is 3. The molecule has 3 heterocycles. The van der Waals surface area contributed by atoms with Crippen molar-refractivity contribution in [2.75, 3.05) is 57.4 Å². The number of hydrogen-bond acceptors (Lipinski definition) is 6. The van der Waals surface area contributed by atoms with E-state index >= 15 is 0 Å². The summed E-state index contributed by atoms with van der Waals surface area (Å²) < 4.78 is 54.3. The summed E-state index contributed by atoms with van der Waals surface area (Å²) in [4.78, 5) is 4.50. The maximum Gasteiger partial charge on any atom is 0.573 e. The highest BCUT2D eigenvalue weighted by Crippen LogP contribution is 2.29. The highest BCUT2D eigenvalue weighted by molar-refractivity contribution is 5.48. The molecule has 0 atom stereocenters. The molecule has 2 aromatic rings. The van der Waals surface area contributed by atoms with Crippen molar-refractivity contribution >= 4 is 5.82 Å². The molecule has 2 aliphatic heterocycles. The van der Waals surface area contributed by atoms with Crippen LogP contribution in [0, 0.1) is 0 Å². The van der Waals surface area contributed by atoms with Crippen LogP contribution in [0.1, 0.15) is 25.5 Å². The molecule has 2 fully saturated rings. The molecule has 0 spiro atoms. The van der Waals surface area contributed by atoms with Crippen LogP contribution in [0.5, 0.6) is 5.75 Å². The molecule has 0 amide bonds. The molecule has 0 N–H and O–H groups in total. The van der Waals surface area contributed by atoms with E-state index in [-0.39, 0.29) is 17.8 Å². The number of morpholine rings is 1. The summed E-state index contributed by atoms with van der Waals surface area (Å²) in [5.41, 5.74) is 1.68. The van der Waals surface area contributed by atoms with Crippen molar-refractivity contribution in [2.24, 2.45) is 0 Å². The lowest BCUT2D eigenvalue weighted by molar-refractivity contribution is -0.274. The predicted molar refractivity (Wildman–Crippen MR) is 114 cm³/mol. The third-order valence-electron chi connectivity index (χ3n) is 5.67. The first-order valence-corrected chi connectivity index (χ1v) is 10.9. The molecule has 0 radical (unpaired) electrons. The fraction of sp³-hybridized carbons (Fsp3) is 0.591. The van der Waals surface area contributed by atoms with E-state index in [1.165, 1.54) is 12.1 Å². The van der Waals surface area contributed by atoms with Gasteiger partial charge < -0.3 is 19.1 Å². The Morgan fingerprint density at radius 2 is 1.81 bits per heavy atom. The Kier molecular flexibility index (Phi) is 6.92. The zero-order valence-corrected chi connectivity index (χ0v) is 18.3. The molecule has 32 heavy (non-hydrogen) atoms. The number of anilines is 1. The maximum absolute atomic E-state index is 12.4. The molecule has 1 aromatic carbocycles. The van der Waals surface area contributed by atoms with E-state index in [1.807, 2.05) is 6.07 Å². The number of aromatic nitrogens is 2. The van der Waals surface area contributed by atoms with Crippen molar-refractivity contribution < 1.29 is 27.4 Å². The van der Waals surface area contributed by atoms with Crippen LogP contribution in [-0.2, 0) is 9.47 Å². The van der Waals surface area contributed by atoms with Crippen LogP contribution in [0.25, 0.3) is 5.69 Å². The van der Waals surface area contributed by atoms with E-state index in [0.717, 1.165) is 57.4 Å². The Labute approximate surface area is 185 Å². The topological polar surface area (TPSA) is 52.0 Å². The molecule has 4 rings (SSSR count). The Hall–Kier alpha value is -2.30. The molecule has 7 nitrogen and oxygen atoms in total. The molecule has 0 unspecified atom stereocenters. The lowest BCUT2D eigenvalue weighted by Gasteiger charge is -2.39. The van der Waals surface area contributed by atoms with Gasteiger partial charge in [-0.1, -0.05) is 13.8 Å². The predicted octanol–water partition coefficient (Wildman–Crippen LogP) is 3.43. The first-order valence-electron chi connectivity index (χ1n) is 10.9. The lowest BCUT2D eigenvalue weighted by atomic mass is 10.1.